The van der Waals surface area contributed by atoms with E-state index in [-0.39, 0.29) is 43.1 Å². The third kappa shape index (κ3) is 10.2. The molecule has 1 unspecified atom stereocenters. The Balaban J connectivity index is 0.654. The van der Waals surface area contributed by atoms with Crippen molar-refractivity contribution in [1.82, 2.24) is 39.5 Å². The number of hydrogen-bond acceptors (Lipinski definition) is 17. The number of anilines is 5. The number of benzene rings is 2. The molecule has 21 nitrogen and oxygen atoms in total. The van der Waals surface area contributed by atoms with Crippen LogP contribution < -0.4 is 26.6 Å². The molecule has 0 bridgehead atoms. The zero-order chi connectivity index (χ0) is 44.4. The standard InChI is InChI=1S/C43H48N12O9/c44-35-25-45-24-32(49-35)33-26-54-12-10-47-40(54)39(50-33)48-28-4-6-29(7-5-28)52-13-15-53(16-14-52)37(57)27-64-23-22-63-21-20-62-19-18-61-17-11-46-31-3-1-2-30-38(31)43(60)55(42(30)59)34-8-9-36(56)51-41(34)58/h1-7,10,12,24-26,34,46H,8-9,11,13-23,27H2,(H2,44,49)(H,48,50)(H,51,56,58). The molecule has 5 aromatic rings. The van der Waals surface area contributed by atoms with Crippen LogP contribution in [0, 0.1) is 0 Å². The van der Waals surface area contributed by atoms with Crippen LogP contribution in [0.4, 0.5) is 28.7 Å². The summed E-state index contributed by atoms with van der Waals surface area (Å²) in [5.41, 5.74) is 10.4. The molecule has 5 amide bonds. The van der Waals surface area contributed by atoms with Crippen molar-refractivity contribution in [3.8, 4) is 11.4 Å². The van der Waals surface area contributed by atoms with E-state index in [1.165, 1.54) is 6.20 Å². The number of imidazole rings is 1. The Morgan fingerprint density at radius 2 is 1.56 bits per heavy atom. The molecule has 0 aliphatic carbocycles. The number of nitrogen functional groups attached to an aromatic ring is 1. The number of ether oxygens (including phenoxy) is 4. The van der Waals surface area contributed by atoms with Crippen molar-refractivity contribution in [2.45, 2.75) is 18.9 Å². The van der Waals surface area contributed by atoms with Crippen LogP contribution in [0.3, 0.4) is 0 Å². The molecule has 21 heteroatoms. The summed E-state index contributed by atoms with van der Waals surface area (Å²) in [6, 6.07) is 11.9. The van der Waals surface area contributed by atoms with E-state index in [0.29, 0.717) is 107 Å². The Labute approximate surface area is 367 Å². The van der Waals surface area contributed by atoms with Gasteiger partial charge in [0.2, 0.25) is 17.7 Å². The molecule has 3 aliphatic heterocycles. The average molecular weight is 877 g/mol. The third-order valence-corrected chi connectivity index (χ3v) is 10.8. The maximum Gasteiger partial charge on any atom is 0.264 e. The van der Waals surface area contributed by atoms with Gasteiger partial charge in [0.15, 0.2) is 11.5 Å². The Hall–Kier alpha value is -7.07. The molecule has 2 aromatic carbocycles. The van der Waals surface area contributed by atoms with Crippen LogP contribution in [0.5, 0.6) is 0 Å². The molecular formula is C43H48N12O9. The summed E-state index contributed by atoms with van der Waals surface area (Å²) < 4.78 is 24.2. The zero-order valence-corrected chi connectivity index (χ0v) is 34.9. The van der Waals surface area contributed by atoms with E-state index in [2.05, 4.69) is 35.8 Å². The summed E-state index contributed by atoms with van der Waals surface area (Å²) in [6.45, 7) is 5.24. The maximum atomic E-state index is 13.2. The Morgan fingerprint density at radius 3 is 2.30 bits per heavy atom. The molecule has 1 atom stereocenters. The van der Waals surface area contributed by atoms with Crippen LogP contribution in [0.1, 0.15) is 33.6 Å². The fourth-order valence-electron chi connectivity index (χ4n) is 7.58. The molecule has 0 radical (unpaired) electrons. The molecule has 8 rings (SSSR count). The molecule has 2 saturated heterocycles. The zero-order valence-electron chi connectivity index (χ0n) is 34.9. The summed E-state index contributed by atoms with van der Waals surface area (Å²) in [5.74, 6) is -1.39. The summed E-state index contributed by atoms with van der Waals surface area (Å²) in [5, 5.41) is 8.71. The lowest BCUT2D eigenvalue weighted by atomic mass is 10.0. The van der Waals surface area contributed by atoms with Gasteiger partial charge in [-0.25, -0.2) is 15.0 Å². The van der Waals surface area contributed by atoms with Gasteiger partial charge in [-0.15, -0.1) is 0 Å². The molecule has 3 aliphatic rings. The van der Waals surface area contributed by atoms with Gasteiger partial charge in [0.25, 0.3) is 11.8 Å². The van der Waals surface area contributed by atoms with Crippen molar-refractivity contribution in [2.75, 3.05) is 107 Å². The number of aromatic nitrogens is 5. The summed E-state index contributed by atoms with van der Waals surface area (Å²) in [7, 11) is 0. The largest absolute Gasteiger partial charge is 0.382 e. The lowest BCUT2D eigenvalue weighted by Crippen LogP contribution is -2.54. The van der Waals surface area contributed by atoms with Crippen LogP contribution in [-0.4, -0.2) is 155 Å². The van der Waals surface area contributed by atoms with Crippen LogP contribution in [0.15, 0.2) is 73.4 Å². The average Bonchev–Trinajstić information content (AvgIpc) is 3.89. The van der Waals surface area contributed by atoms with E-state index >= 15 is 0 Å². The number of piperazine rings is 1. The van der Waals surface area contributed by atoms with E-state index in [0.717, 1.165) is 16.3 Å². The molecule has 6 heterocycles. The highest BCUT2D eigenvalue weighted by Gasteiger charge is 2.45. The molecule has 64 heavy (non-hydrogen) atoms. The lowest BCUT2D eigenvalue weighted by Gasteiger charge is -2.36. The second-order valence-electron chi connectivity index (χ2n) is 15.0. The van der Waals surface area contributed by atoms with E-state index in [9.17, 15) is 24.0 Å². The third-order valence-electron chi connectivity index (χ3n) is 10.8. The fourth-order valence-corrected chi connectivity index (χ4v) is 7.58. The number of amides is 5. The van der Waals surface area contributed by atoms with Crippen molar-refractivity contribution in [1.29, 1.82) is 0 Å². The van der Waals surface area contributed by atoms with Gasteiger partial charge < -0.3 is 49.5 Å². The molecule has 0 saturated carbocycles. The van der Waals surface area contributed by atoms with Gasteiger partial charge in [0.1, 0.15) is 29.9 Å². The minimum Gasteiger partial charge on any atom is -0.382 e. The molecule has 5 N–H and O–H groups in total. The monoisotopic (exact) mass is 876 g/mol. The van der Waals surface area contributed by atoms with E-state index in [1.807, 2.05) is 46.0 Å². The highest BCUT2D eigenvalue weighted by atomic mass is 16.6. The van der Waals surface area contributed by atoms with Gasteiger partial charge in [0, 0.05) is 74.8 Å². The Kier molecular flexibility index (Phi) is 13.9. The first-order valence-electron chi connectivity index (χ1n) is 20.9. The number of hydrogen-bond donors (Lipinski definition) is 4. The van der Waals surface area contributed by atoms with Gasteiger partial charge in [-0.2, -0.15) is 0 Å². The number of carbonyl (C=O) groups is 5. The summed E-state index contributed by atoms with van der Waals surface area (Å²) in [6.07, 6.45) is 8.62. The number of nitrogens with one attached hydrogen (secondary N) is 3. The number of imide groups is 2. The van der Waals surface area contributed by atoms with Crippen molar-refractivity contribution in [3.63, 3.8) is 0 Å². The second-order valence-corrected chi connectivity index (χ2v) is 15.0. The van der Waals surface area contributed by atoms with Crippen LogP contribution in [0.25, 0.3) is 17.0 Å². The predicted molar refractivity (Wildman–Crippen MR) is 232 cm³/mol. The topological polar surface area (TPSA) is 250 Å². The van der Waals surface area contributed by atoms with E-state index in [4.69, 9.17) is 29.7 Å². The Morgan fingerprint density at radius 1 is 0.828 bits per heavy atom. The number of carbonyl (C=O) groups excluding carboxylic acids is 5. The first-order chi connectivity index (χ1) is 31.2. The van der Waals surface area contributed by atoms with Crippen LogP contribution in [0.2, 0.25) is 0 Å². The lowest BCUT2D eigenvalue weighted by molar-refractivity contribution is -0.137. The predicted octanol–water partition coefficient (Wildman–Crippen LogP) is 1.74. The summed E-state index contributed by atoms with van der Waals surface area (Å²) >= 11 is 0. The number of nitrogens with zero attached hydrogens (tertiary/aromatic N) is 8. The highest BCUT2D eigenvalue weighted by molar-refractivity contribution is 6.25. The number of nitrogens with two attached hydrogens (primary N) is 1. The quantitative estimate of drug-likeness (QED) is 0.0642. The second kappa shape index (κ2) is 20.4. The van der Waals surface area contributed by atoms with Crippen LogP contribution >= 0.6 is 0 Å². The molecule has 0 spiro atoms. The molecular weight excluding hydrogens is 829 g/mol. The van der Waals surface area contributed by atoms with Gasteiger partial charge in [-0.05, 0) is 42.8 Å². The number of rotatable bonds is 20. The minimum absolute atomic E-state index is 0.0162. The van der Waals surface area contributed by atoms with Gasteiger partial charge in [-0.1, -0.05) is 6.07 Å². The van der Waals surface area contributed by atoms with Crippen molar-refractivity contribution in [3.05, 3.63) is 84.6 Å². The number of fused-ring (bicyclic) bond motifs is 2. The molecule has 2 fully saturated rings. The highest BCUT2D eigenvalue weighted by Crippen LogP contribution is 2.32. The van der Waals surface area contributed by atoms with Gasteiger partial charge in [0.05, 0.1) is 69.8 Å². The normalized spacial score (nSPS) is 16.4. The van der Waals surface area contributed by atoms with Crippen molar-refractivity contribution in [2.24, 2.45) is 0 Å². The van der Waals surface area contributed by atoms with Gasteiger partial charge in [-0.3, -0.25) is 39.2 Å². The van der Waals surface area contributed by atoms with Gasteiger partial charge >= 0.3 is 0 Å². The van der Waals surface area contributed by atoms with Crippen molar-refractivity contribution < 1.29 is 42.9 Å². The first kappa shape index (κ1) is 43.6. The Bertz CT molecular complexity index is 2490. The van der Waals surface area contributed by atoms with E-state index < -0.39 is 29.7 Å². The van der Waals surface area contributed by atoms with E-state index in [1.54, 1.807) is 30.6 Å². The smallest absolute Gasteiger partial charge is 0.264 e. The number of piperidine rings is 1. The van der Waals surface area contributed by atoms with Crippen molar-refractivity contribution >= 4 is 63.9 Å². The maximum absolute atomic E-state index is 13.2. The molecule has 334 valence electrons. The summed E-state index contributed by atoms with van der Waals surface area (Å²) in [4.78, 5) is 85.6. The van der Waals surface area contributed by atoms with Crippen LogP contribution in [-0.2, 0) is 33.3 Å². The SMILES string of the molecule is Nc1cncc(-c2cn3ccnc3c(Nc3ccc(N4CCN(C(=O)COCCOCCOCCOCCNc5cccc6c5C(=O)N(C5CCC(=O)NC5=O)C6=O)CC4)cc3)n2)n1. The first-order valence-corrected chi connectivity index (χ1v) is 20.9. The fraction of sp³-hybridized carbons (Fsp3) is 0.372. The minimum atomic E-state index is -1.03. The molecule has 3 aromatic heterocycles.